The quantitative estimate of drug-likeness (QED) is 0.925. The minimum Gasteiger partial charge on any atom is -0.381 e. The van der Waals surface area contributed by atoms with Gasteiger partial charge in [0.05, 0.1) is 11.2 Å². The van der Waals surface area contributed by atoms with Gasteiger partial charge in [-0.2, -0.15) is 0 Å². The molecule has 0 amide bonds. The molecule has 0 radical (unpaired) electrons. The highest BCUT2D eigenvalue weighted by molar-refractivity contribution is 5.90. The van der Waals surface area contributed by atoms with E-state index in [4.69, 9.17) is 0 Å². The number of hydrogen-bond acceptors (Lipinski definition) is 3. The van der Waals surface area contributed by atoms with Crippen LogP contribution in [0.4, 0.5) is 5.69 Å². The number of likely N-dealkylation sites (tertiary alicyclic amines) is 1. The summed E-state index contributed by atoms with van der Waals surface area (Å²) < 4.78 is 0. The van der Waals surface area contributed by atoms with Crippen LogP contribution in [0, 0.1) is 0 Å². The maximum absolute atomic E-state index is 4.54. The van der Waals surface area contributed by atoms with Gasteiger partial charge in [-0.15, -0.1) is 0 Å². The molecule has 2 heterocycles. The van der Waals surface area contributed by atoms with Gasteiger partial charge in [0.2, 0.25) is 0 Å². The lowest BCUT2D eigenvalue weighted by atomic mass is 10.1. The van der Waals surface area contributed by atoms with Crippen molar-refractivity contribution in [3.8, 4) is 0 Å². The Morgan fingerprint density at radius 1 is 1.14 bits per heavy atom. The number of anilines is 1. The molecule has 2 aromatic rings. The van der Waals surface area contributed by atoms with Crippen LogP contribution in [0.3, 0.4) is 0 Å². The fourth-order valence-corrected chi connectivity index (χ4v) is 3.22. The summed E-state index contributed by atoms with van der Waals surface area (Å²) >= 11 is 0. The third-order valence-electron chi connectivity index (χ3n) is 4.49. The molecule has 3 heteroatoms. The Morgan fingerprint density at radius 2 is 2.00 bits per heavy atom. The molecular formula is C18H25N3. The number of aromatic nitrogens is 1. The third-order valence-corrected chi connectivity index (χ3v) is 4.49. The number of benzene rings is 1. The first-order valence-electron chi connectivity index (χ1n) is 8.08. The second kappa shape index (κ2) is 6.44. The van der Waals surface area contributed by atoms with Crippen molar-refractivity contribution in [2.45, 2.75) is 45.2 Å². The summed E-state index contributed by atoms with van der Waals surface area (Å²) in [5.41, 5.74) is 2.26. The van der Waals surface area contributed by atoms with E-state index in [1.807, 2.05) is 12.3 Å². The molecule has 0 spiro atoms. The van der Waals surface area contributed by atoms with Crippen LogP contribution < -0.4 is 5.32 Å². The lowest BCUT2D eigenvalue weighted by Gasteiger charge is -2.24. The molecule has 1 fully saturated rings. The number of hydrogen-bond donors (Lipinski definition) is 1. The maximum atomic E-state index is 4.54. The summed E-state index contributed by atoms with van der Waals surface area (Å²) in [5, 5.41) is 4.94. The monoisotopic (exact) mass is 283 g/mol. The molecule has 0 bridgehead atoms. The largest absolute Gasteiger partial charge is 0.381 e. The standard InChI is InChI=1S/C18H25N3/c1-14(2)21-12-5-8-16(10-13-21)20-17-9-3-6-15-7-4-11-19-18(15)17/h3-4,6-7,9,11,14,16,20H,5,8,10,12-13H2,1-2H3. The molecule has 0 saturated carbocycles. The molecule has 1 aromatic carbocycles. The molecule has 1 unspecified atom stereocenters. The smallest absolute Gasteiger partial charge is 0.0933 e. The van der Waals surface area contributed by atoms with E-state index in [9.17, 15) is 0 Å². The van der Waals surface area contributed by atoms with Crippen molar-refractivity contribution in [3.05, 3.63) is 36.5 Å². The molecule has 0 aliphatic carbocycles. The van der Waals surface area contributed by atoms with Crippen LogP contribution in [-0.4, -0.2) is 35.1 Å². The van der Waals surface area contributed by atoms with E-state index in [-0.39, 0.29) is 0 Å². The third kappa shape index (κ3) is 3.35. The van der Waals surface area contributed by atoms with E-state index in [0.717, 1.165) is 5.52 Å². The van der Waals surface area contributed by atoms with Gasteiger partial charge < -0.3 is 10.2 Å². The van der Waals surface area contributed by atoms with Crippen molar-refractivity contribution in [1.29, 1.82) is 0 Å². The fourth-order valence-electron chi connectivity index (χ4n) is 3.22. The van der Waals surface area contributed by atoms with Crippen LogP contribution in [0.1, 0.15) is 33.1 Å². The average Bonchev–Trinajstić information content (AvgIpc) is 2.73. The molecular weight excluding hydrogens is 258 g/mol. The van der Waals surface area contributed by atoms with Crippen LogP contribution in [-0.2, 0) is 0 Å². The molecule has 1 N–H and O–H groups in total. The SMILES string of the molecule is CC(C)N1CCCC(Nc2cccc3cccnc23)CC1. The van der Waals surface area contributed by atoms with Crippen molar-refractivity contribution in [3.63, 3.8) is 0 Å². The van der Waals surface area contributed by atoms with Gasteiger partial charge in [-0.1, -0.05) is 18.2 Å². The van der Waals surface area contributed by atoms with Gasteiger partial charge in [-0.3, -0.25) is 4.98 Å². The summed E-state index contributed by atoms with van der Waals surface area (Å²) in [6, 6.07) is 11.7. The number of para-hydroxylation sites is 1. The Labute approximate surface area is 127 Å². The van der Waals surface area contributed by atoms with Crippen molar-refractivity contribution >= 4 is 16.6 Å². The van der Waals surface area contributed by atoms with Gasteiger partial charge >= 0.3 is 0 Å². The van der Waals surface area contributed by atoms with E-state index in [0.29, 0.717) is 12.1 Å². The first-order chi connectivity index (χ1) is 10.2. The lowest BCUT2D eigenvalue weighted by Crippen LogP contribution is -2.32. The highest BCUT2D eigenvalue weighted by Crippen LogP contribution is 2.24. The predicted octanol–water partition coefficient (Wildman–Crippen LogP) is 3.91. The fraction of sp³-hybridized carbons (Fsp3) is 0.500. The highest BCUT2D eigenvalue weighted by atomic mass is 15.1. The molecule has 3 rings (SSSR count). The van der Waals surface area contributed by atoms with Crippen molar-refractivity contribution in [1.82, 2.24) is 9.88 Å². The zero-order valence-corrected chi connectivity index (χ0v) is 13.0. The van der Waals surface area contributed by atoms with Crippen LogP contribution in [0.25, 0.3) is 10.9 Å². The summed E-state index contributed by atoms with van der Waals surface area (Å²) in [6.07, 6.45) is 5.60. The molecule has 112 valence electrons. The zero-order chi connectivity index (χ0) is 14.7. The summed E-state index contributed by atoms with van der Waals surface area (Å²) in [6.45, 7) is 7.00. The van der Waals surface area contributed by atoms with Crippen molar-refractivity contribution in [2.75, 3.05) is 18.4 Å². The zero-order valence-electron chi connectivity index (χ0n) is 13.0. The van der Waals surface area contributed by atoms with Gasteiger partial charge in [-0.05, 0) is 51.8 Å². The van der Waals surface area contributed by atoms with Crippen LogP contribution in [0.15, 0.2) is 36.5 Å². The minimum atomic E-state index is 0.557. The Kier molecular flexibility index (Phi) is 4.39. The number of nitrogens with one attached hydrogen (secondary N) is 1. The Bertz CT molecular complexity index is 589. The molecule has 1 atom stereocenters. The Hall–Kier alpha value is -1.61. The summed E-state index contributed by atoms with van der Waals surface area (Å²) in [5.74, 6) is 0. The number of fused-ring (bicyclic) bond motifs is 1. The van der Waals surface area contributed by atoms with E-state index in [1.54, 1.807) is 0 Å². The normalized spacial score (nSPS) is 20.6. The van der Waals surface area contributed by atoms with Crippen LogP contribution >= 0.6 is 0 Å². The first kappa shape index (κ1) is 14.3. The van der Waals surface area contributed by atoms with Gasteiger partial charge in [0.15, 0.2) is 0 Å². The lowest BCUT2D eigenvalue weighted by molar-refractivity contribution is 0.230. The Morgan fingerprint density at radius 3 is 2.86 bits per heavy atom. The van der Waals surface area contributed by atoms with E-state index in [2.05, 4.69) is 53.3 Å². The second-order valence-electron chi connectivity index (χ2n) is 6.28. The van der Waals surface area contributed by atoms with Crippen molar-refractivity contribution < 1.29 is 0 Å². The maximum Gasteiger partial charge on any atom is 0.0933 e. The summed E-state index contributed by atoms with van der Waals surface area (Å²) in [7, 11) is 0. The van der Waals surface area contributed by atoms with E-state index in [1.165, 1.54) is 43.4 Å². The molecule has 1 saturated heterocycles. The van der Waals surface area contributed by atoms with Gasteiger partial charge in [0.1, 0.15) is 0 Å². The number of nitrogens with zero attached hydrogens (tertiary/aromatic N) is 2. The second-order valence-corrected chi connectivity index (χ2v) is 6.28. The van der Waals surface area contributed by atoms with Gasteiger partial charge in [0, 0.05) is 30.2 Å². The molecule has 1 aliphatic heterocycles. The number of pyridine rings is 1. The van der Waals surface area contributed by atoms with Gasteiger partial charge in [0.25, 0.3) is 0 Å². The summed E-state index contributed by atoms with van der Waals surface area (Å²) in [4.78, 5) is 7.13. The van der Waals surface area contributed by atoms with Crippen LogP contribution in [0.2, 0.25) is 0 Å². The predicted molar refractivity (Wildman–Crippen MR) is 89.7 cm³/mol. The van der Waals surface area contributed by atoms with Gasteiger partial charge in [-0.25, -0.2) is 0 Å². The highest BCUT2D eigenvalue weighted by Gasteiger charge is 2.19. The van der Waals surface area contributed by atoms with E-state index < -0.39 is 0 Å². The Balaban J connectivity index is 1.73. The first-order valence-corrected chi connectivity index (χ1v) is 8.08. The number of rotatable bonds is 3. The van der Waals surface area contributed by atoms with E-state index >= 15 is 0 Å². The molecule has 21 heavy (non-hydrogen) atoms. The van der Waals surface area contributed by atoms with Crippen molar-refractivity contribution in [2.24, 2.45) is 0 Å². The average molecular weight is 283 g/mol. The topological polar surface area (TPSA) is 28.2 Å². The minimum absolute atomic E-state index is 0.557. The van der Waals surface area contributed by atoms with Crippen LogP contribution in [0.5, 0.6) is 0 Å². The molecule has 1 aromatic heterocycles. The molecule has 1 aliphatic rings. The molecule has 3 nitrogen and oxygen atoms in total.